The lowest BCUT2D eigenvalue weighted by Crippen LogP contribution is -2.54. The first-order chi connectivity index (χ1) is 7.72. The van der Waals surface area contributed by atoms with E-state index in [4.69, 9.17) is 10.5 Å². The van der Waals surface area contributed by atoms with Gasteiger partial charge in [0.1, 0.15) is 6.61 Å². The van der Waals surface area contributed by atoms with E-state index in [9.17, 15) is 4.79 Å². The zero-order valence-corrected chi connectivity index (χ0v) is 10.3. The molecule has 16 heavy (non-hydrogen) atoms. The minimum atomic E-state index is 0.0861. The molecule has 0 radical (unpaired) electrons. The number of nitrogens with zero attached hydrogens (tertiary/aromatic N) is 2. The van der Waals surface area contributed by atoms with E-state index in [1.54, 1.807) is 7.11 Å². The zero-order valence-electron chi connectivity index (χ0n) is 10.3. The fraction of sp³-hybridized carbons (Fsp3) is 0.909. The van der Waals surface area contributed by atoms with Crippen molar-refractivity contribution in [3.05, 3.63) is 0 Å². The van der Waals surface area contributed by atoms with E-state index >= 15 is 0 Å². The predicted molar refractivity (Wildman–Crippen MR) is 63.2 cm³/mol. The Hall–Kier alpha value is -0.650. The summed E-state index contributed by atoms with van der Waals surface area (Å²) in [6, 6.07) is 0.458. The van der Waals surface area contributed by atoms with Crippen molar-refractivity contribution >= 4 is 5.91 Å². The number of hydrogen-bond acceptors (Lipinski definition) is 4. The molecular weight excluding hydrogens is 206 g/mol. The van der Waals surface area contributed by atoms with E-state index in [0.29, 0.717) is 12.6 Å². The van der Waals surface area contributed by atoms with Crippen LogP contribution >= 0.6 is 0 Å². The van der Waals surface area contributed by atoms with Gasteiger partial charge in [-0.3, -0.25) is 9.69 Å². The fourth-order valence-corrected chi connectivity index (χ4v) is 2.13. The van der Waals surface area contributed by atoms with Crippen molar-refractivity contribution in [3.63, 3.8) is 0 Å². The van der Waals surface area contributed by atoms with E-state index in [-0.39, 0.29) is 12.5 Å². The van der Waals surface area contributed by atoms with Crippen LogP contribution in [0.5, 0.6) is 0 Å². The van der Waals surface area contributed by atoms with Gasteiger partial charge in [-0.25, -0.2) is 0 Å². The molecule has 0 spiro atoms. The largest absolute Gasteiger partial charge is 0.375 e. The highest BCUT2D eigenvalue weighted by Crippen LogP contribution is 2.08. The molecule has 1 saturated heterocycles. The second kappa shape index (κ2) is 6.83. The molecule has 1 atom stereocenters. The topological polar surface area (TPSA) is 58.8 Å². The van der Waals surface area contributed by atoms with Crippen LogP contribution in [0.25, 0.3) is 0 Å². The molecule has 0 aliphatic carbocycles. The van der Waals surface area contributed by atoms with Crippen LogP contribution in [0, 0.1) is 0 Å². The average molecular weight is 229 g/mol. The summed E-state index contributed by atoms with van der Waals surface area (Å²) >= 11 is 0. The number of amides is 1. The summed E-state index contributed by atoms with van der Waals surface area (Å²) in [5.41, 5.74) is 5.71. The molecule has 1 heterocycles. The minimum Gasteiger partial charge on any atom is -0.375 e. The summed E-state index contributed by atoms with van der Waals surface area (Å²) in [7, 11) is 1.55. The number of nitrogens with two attached hydrogens (primary N) is 1. The Bertz CT molecular complexity index is 211. The SMILES string of the molecule is CCC(CN)N1CCN(C(=O)COC)CC1. The van der Waals surface area contributed by atoms with E-state index < -0.39 is 0 Å². The molecule has 0 saturated carbocycles. The highest BCUT2D eigenvalue weighted by Gasteiger charge is 2.24. The number of rotatable bonds is 5. The highest BCUT2D eigenvalue weighted by molar-refractivity contribution is 5.77. The number of carbonyl (C=O) groups excluding carboxylic acids is 1. The van der Waals surface area contributed by atoms with Gasteiger partial charge in [-0.2, -0.15) is 0 Å². The third-order valence-corrected chi connectivity index (χ3v) is 3.19. The van der Waals surface area contributed by atoms with Gasteiger partial charge in [0.05, 0.1) is 0 Å². The number of methoxy groups -OCH3 is 1. The Morgan fingerprint density at radius 2 is 2.00 bits per heavy atom. The molecule has 1 unspecified atom stereocenters. The molecule has 2 N–H and O–H groups in total. The Labute approximate surface area is 97.5 Å². The van der Waals surface area contributed by atoms with Crippen LogP contribution in [0.3, 0.4) is 0 Å². The molecule has 1 fully saturated rings. The molecule has 1 amide bonds. The Balaban J connectivity index is 2.35. The van der Waals surface area contributed by atoms with Gasteiger partial charge in [0.15, 0.2) is 0 Å². The maximum Gasteiger partial charge on any atom is 0.248 e. The van der Waals surface area contributed by atoms with Crippen molar-refractivity contribution in [3.8, 4) is 0 Å². The lowest BCUT2D eigenvalue weighted by molar-refractivity contribution is -0.137. The number of piperazine rings is 1. The molecule has 1 aliphatic heterocycles. The zero-order chi connectivity index (χ0) is 12.0. The normalized spacial score (nSPS) is 19.8. The van der Waals surface area contributed by atoms with Crippen molar-refractivity contribution < 1.29 is 9.53 Å². The van der Waals surface area contributed by atoms with Crippen molar-refractivity contribution in [1.82, 2.24) is 9.80 Å². The lowest BCUT2D eigenvalue weighted by atomic mass is 10.1. The molecular formula is C11H23N3O2. The van der Waals surface area contributed by atoms with Crippen LogP contribution in [0.15, 0.2) is 0 Å². The second-order valence-electron chi connectivity index (χ2n) is 4.15. The monoisotopic (exact) mass is 229 g/mol. The minimum absolute atomic E-state index is 0.0861. The summed E-state index contributed by atoms with van der Waals surface area (Å²) in [5, 5.41) is 0. The second-order valence-corrected chi connectivity index (χ2v) is 4.15. The Morgan fingerprint density at radius 3 is 2.44 bits per heavy atom. The lowest BCUT2D eigenvalue weighted by Gasteiger charge is -2.38. The number of ether oxygens (including phenoxy) is 1. The molecule has 0 bridgehead atoms. The molecule has 1 aliphatic rings. The molecule has 1 rings (SSSR count). The smallest absolute Gasteiger partial charge is 0.248 e. The van der Waals surface area contributed by atoms with E-state index in [2.05, 4.69) is 11.8 Å². The van der Waals surface area contributed by atoms with E-state index in [1.807, 2.05) is 4.90 Å². The summed E-state index contributed by atoms with van der Waals surface area (Å²) in [6.45, 7) is 6.46. The van der Waals surface area contributed by atoms with Gasteiger partial charge in [-0.1, -0.05) is 6.92 Å². The van der Waals surface area contributed by atoms with Crippen molar-refractivity contribution in [2.45, 2.75) is 19.4 Å². The van der Waals surface area contributed by atoms with Crippen LogP contribution in [0.4, 0.5) is 0 Å². The van der Waals surface area contributed by atoms with Crippen molar-refractivity contribution in [2.24, 2.45) is 5.73 Å². The van der Waals surface area contributed by atoms with Gasteiger partial charge in [0.25, 0.3) is 0 Å². The van der Waals surface area contributed by atoms with Crippen molar-refractivity contribution in [2.75, 3.05) is 46.4 Å². The van der Waals surface area contributed by atoms with Crippen LogP contribution in [-0.2, 0) is 9.53 Å². The highest BCUT2D eigenvalue weighted by atomic mass is 16.5. The average Bonchev–Trinajstić information content (AvgIpc) is 2.32. The molecule has 5 heteroatoms. The van der Waals surface area contributed by atoms with Gasteiger partial charge < -0.3 is 15.4 Å². The summed E-state index contributed by atoms with van der Waals surface area (Å²) in [5.74, 6) is 0.0861. The fourth-order valence-electron chi connectivity index (χ4n) is 2.13. The summed E-state index contributed by atoms with van der Waals surface area (Å²) < 4.78 is 4.85. The van der Waals surface area contributed by atoms with Gasteiger partial charge in [-0.15, -0.1) is 0 Å². The summed E-state index contributed by atoms with van der Waals surface area (Å²) in [4.78, 5) is 15.8. The van der Waals surface area contributed by atoms with Gasteiger partial charge in [-0.05, 0) is 6.42 Å². The quantitative estimate of drug-likeness (QED) is 0.691. The third-order valence-electron chi connectivity index (χ3n) is 3.19. The van der Waals surface area contributed by atoms with E-state index in [1.165, 1.54) is 0 Å². The molecule has 0 aromatic heterocycles. The maximum atomic E-state index is 11.6. The Morgan fingerprint density at radius 1 is 1.38 bits per heavy atom. The van der Waals surface area contributed by atoms with Crippen molar-refractivity contribution in [1.29, 1.82) is 0 Å². The molecule has 0 aromatic rings. The molecule has 0 aromatic carbocycles. The first-order valence-corrected chi connectivity index (χ1v) is 5.93. The Kier molecular flexibility index (Phi) is 5.73. The third kappa shape index (κ3) is 3.43. The van der Waals surface area contributed by atoms with Crippen LogP contribution in [0.2, 0.25) is 0 Å². The standard InChI is InChI=1S/C11H23N3O2/c1-3-10(8-12)13-4-6-14(7-5-13)11(15)9-16-2/h10H,3-9,12H2,1-2H3. The predicted octanol–water partition coefficient (Wildman–Crippen LogP) is -0.486. The van der Waals surface area contributed by atoms with Crippen LogP contribution < -0.4 is 5.73 Å². The van der Waals surface area contributed by atoms with Gasteiger partial charge in [0.2, 0.25) is 5.91 Å². The van der Waals surface area contributed by atoms with Gasteiger partial charge in [0, 0.05) is 45.9 Å². The molecule has 5 nitrogen and oxygen atoms in total. The molecule has 94 valence electrons. The first kappa shape index (κ1) is 13.4. The maximum absolute atomic E-state index is 11.6. The first-order valence-electron chi connectivity index (χ1n) is 5.93. The van der Waals surface area contributed by atoms with Crippen LogP contribution in [-0.4, -0.2) is 68.2 Å². The number of carbonyl (C=O) groups is 1. The van der Waals surface area contributed by atoms with Gasteiger partial charge >= 0.3 is 0 Å². The van der Waals surface area contributed by atoms with E-state index in [0.717, 1.165) is 32.6 Å². The number of hydrogen-bond donors (Lipinski definition) is 1. The summed E-state index contributed by atoms with van der Waals surface area (Å²) in [6.07, 6.45) is 1.07. The van der Waals surface area contributed by atoms with Crippen LogP contribution in [0.1, 0.15) is 13.3 Å².